The minimum Gasteiger partial charge on any atom is -0.378 e. The fourth-order valence-electron chi connectivity index (χ4n) is 1.14. The molecule has 0 aromatic carbocycles. The predicted molar refractivity (Wildman–Crippen MR) is 48.7 cm³/mol. The van der Waals surface area contributed by atoms with Crippen LogP contribution in [0.2, 0.25) is 5.15 Å². The number of ether oxygens (including phenoxy) is 1. The van der Waals surface area contributed by atoms with Gasteiger partial charge in [0.1, 0.15) is 5.15 Å². The van der Waals surface area contributed by atoms with Gasteiger partial charge in [0.25, 0.3) is 0 Å². The average Bonchev–Trinajstić information content (AvgIpc) is 2.49. The fourth-order valence-corrected chi connectivity index (χ4v) is 1.28. The van der Waals surface area contributed by atoms with Gasteiger partial charge in [-0.2, -0.15) is 5.10 Å². The minimum atomic E-state index is 0.447. The molecule has 5 heteroatoms. The number of aromatic nitrogens is 3. The van der Waals surface area contributed by atoms with E-state index in [1.807, 2.05) is 6.07 Å². The van der Waals surface area contributed by atoms with Crippen LogP contribution in [0.5, 0.6) is 0 Å². The van der Waals surface area contributed by atoms with Crippen LogP contribution in [-0.4, -0.2) is 21.7 Å². The number of hydrogen-bond donors (Lipinski definition) is 0. The van der Waals surface area contributed by atoms with Gasteiger partial charge < -0.3 is 4.74 Å². The summed E-state index contributed by atoms with van der Waals surface area (Å²) >= 11 is 5.75. The molecule has 0 saturated heterocycles. The summed E-state index contributed by atoms with van der Waals surface area (Å²) in [5, 5.41) is 4.54. The second-order valence-corrected chi connectivity index (χ2v) is 3.00. The Morgan fingerprint density at radius 3 is 3.15 bits per heavy atom. The van der Waals surface area contributed by atoms with Crippen molar-refractivity contribution >= 4 is 17.2 Å². The van der Waals surface area contributed by atoms with Gasteiger partial charge in [0.2, 0.25) is 0 Å². The molecule has 0 amide bonds. The Labute approximate surface area is 80.1 Å². The quantitative estimate of drug-likeness (QED) is 0.733. The molecule has 68 valence electrons. The lowest BCUT2D eigenvalue weighted by Crippen LogP contribution is -1.98. The van der Waals surface area contributed by atoms with Crippen LogP contribution in [0.15, 0.2) is 18.3 Å². The molecule has 0 N–H and O–H groups in total. The Hall–Kier alpha value is -1.13. The second kappa shape index (κ2) is 3.32. The van der Waals surface area contributed by atoms with E-state index in [2.05, 4.69) is 10.1 Å². The molecule has 13 heavy (non-hydrogen) atoms. The molecule has 0 fully saturated rings. The smallest absolute Gasteiger partial charge is 0.153 e. The number of hydrogen-bond acceptors (Lipinski definition) is 3. The van der Waals surface area contributed by atoms with Gasteiger partial charge in [-0.1, -0.05) is 11.6 Å². The molecular weight excluding hydrogens is 190 g/mol. The van der Waals surface area contributed by atoms with Crippen molar-refractivity contribution in [2.75, 3.05) is 7.11 Å². The SMILES string of the molecule is COCc1cnc2ccc(Cl)nn12. The molecule has 4 nitrogen and oxygen atoms in total. The van der Waals surface area contributed by atoms with E-state index in [-0.39, 0.29) is 0 Å². The summed E-state index contributed by atoms with van der Waals surface area (Å²) in [6.07, 6.45) is 1.72. The van der Waals surface area contributed by atoms with Crippen LogP contribution in [0.3, 0.4) is 0 Å². The third-order valence-corrected chi connectivity index (χ3v) is 1.89. The van der Waals surface area contributed by atoms with Crippen LogP contribution in [0.1, 0.15) is 5.69 Å². The zero-order valence-electron chi connectivity index (χ0n) is 7.07. The van der Waals surface area contributed by atoms with Gasteiger partial charge >= 0.3 is 0 Å². The van der Waals surface area contributed by atoms with Gasteiger partial charge in [-0.25, -0.2) is 9.50 Å². The highest BCUT2D eigenvalue weighted by Crippen LogP contribution is 2.09. The first-order chi connectivity index (χ1) is 6.31. The normalized spacial score (nSPS) is 10.9. The Morgan fingerprint density at radius 1 is 1.54 bits per heavy atom. The molecule has 2 aromatic heterocycles. The van der Waals surface area contributed by atoms with Crippen LogP contribution >= 0.6 is 11.6 Å². The van der Waals surface area contributed by atoms with Gasteiger partial charge in [0, 0.05) is 7.11 Å². The van der Waals surface area contributed by atoms with E-state index >= 15 is 0 Å². The summed E-state index contributed by atoms with van der Waals surface area (Å²) in [7, 11) is 1.63. The van der Waals surface area contributed by atoms with Crippen molar-refractivity contribution in [1.29, 1.82) is 0 Å². The summed E-state index contributed by atoms with van der Waals surface area (Å²) in [5.74, 6) is 0. The van der Waals surface area contributed by atoms with Gasteiger partial charge in [-0.3, -0.25) is 0 Å². The summed E-state index contributed by atoms with van der Waals surface area (Å²) in [5.41, 5.74) is 1.66. The number of halogens is 1. The van der Waals surface area contributed by atoms with Crippen molar-refractivity contribution < 1.29 is 4.74 Å². The first-order valence-electron chi connectivity index (χ1n) is 3.79. The van der Waals surface area contributed by atoms with Crippen molar-refractivity contribution in [2.45, 2.75) is 6.61 Å². The standard InChI is InChI=1S/C8H8ClN3O/c1-13-5-6-4-10-8-3-2-7(9)11-12(6)8/h2-4H,5H2,1H3. The molecule has 0 unspecified atom stereocenters. The number of imidazole rings is 1. The number of nitrogens with zero attached hydrogens (tertiary/aromatic N) is 3. The highest BCUT2D eigenvalue weighted by Gasteiger charge is 2.03. The lowest BCUT2D eigenvalue weighted by Gasteiger charge is -1.98. The molecule has 2 aromatic rings. The highest BCUT2D eigenvalue weighted by molar-refractivity contribution is 6.29. The molecule has 0 bridgehead atoms. The van der Waals surface area contributed by atoms with Gasteiger partial charge in [-0.05, 0) is 12.1 Å². The van der Waals surface area contributed by atoms with E-state index in [9.17, 15) is 0 Å². The average molecular weight is 198 g/mol. The zero-order valence-corrected chi connectivity index (χ0v) is 7.82. The zero-order chi connectivity index (χ0) is 9.26. The van der Waals surface area contributed by atoms with E-state index in [0.717, 1.165) is 11.3 Å². The Morgan fingerprint density at radius 2 is 2.38 bits per heavy atom. The number of rotatable bonds is 2. The molecule has 0 spiro atoms. The van der Waals surface area contributed by atoms with Crippen LogP contribution in [0.25, 0.3) is 5.65 Å². The van der Waals surface area contributed by atoms with E-state index in [1.165, 1.54) is 0 Å². The van der Waals surface area contributed by atoms with Gasteiger partial charge in [0.15, 0.2) is 5.65 Å². The van der Waals surface area contributed by atoms with E-state index in [4.69, 9.17) is 16.3 Å². The monoisotopic (exact) mass is 197 g/mol. The summed E-state index contributed by atoms with van der Waals surface area (Å²) in [6, 6.07) is 3.52. The predicted octanol–water partition coefficient (Wildman–Crippen LogP) is 1.53. The molecule has 0 atom stereocenters. The number of methoxy groups -OCH3 is 1. The second-order valence-electron chi connectivity index (χ2n) is 2.61. The maximum Gasteiger partial charge on any atom is 0.153 e. The highest BCUT2D eigenvalue weighted by atomic mass is 35.5. The summed E-state index contributed by atoms with van der Waals surface area (Å²) in [4.78, 5) is 4.14. The molecule has 0 aliphatic rings. The van der Waals surface area contributed by atoms with Crippen molar-refractivity contribution in [3.8, 4) is 0 Å². The Kier molecular flexibility index (Phi) is 2.16. The summed E-state index contributed by atoms with van der Waals surface area (Å²) < 4.78 is 6.66. The van der Waals surface area contributed by atoms with Crippen molar-refractivity contribution in [1.82, 2.24) is 14.6 Å². The first-order valence-corrected chi connectivity index (χ1v) is 4.17. The Bertz CT molecular complexity index is 426. The molecule has 0 aliphatic carbocycles. The van der Waals surface area contributed by atoms with Crippen molar-refractivity contribution in [3.63, 3.8) is 0 Å². The van der Waals surface area contributed by atoms with Gasteiger partial charge in [-0.15, -0.1) is 0 Å². The maximum absolute atomic E-state index is 5.75. The first kappa shape index (κ1) is 8.47. The Balaban J connectivity index is 2.58. The molecular formula is C8H8ClN3O. The van der Waals surface area contributed by atoms with E-state index in [0.29, 0.717) is 11.8 Å². The van der Waals surface area contributed by atoms with Crippen LogP contribution < -0.4 is 0 Å². The van der Waals surface area contributed by atoms with Crippen LogP contribution in [0, 0.1) is 0 Å². The van der Waals surface area contributed by atoms with Crippen LogP contribution in [-0.2, 0) is 11.3 Å². The number of fused-ring (bicyclic) bond motifs is 1. The lowest BCUT2D eigenvalue weighted by atomic mass is 10.5. The largest absolute Gasteiger partial charge is 0.378 e. The van der Waals surface area contributed by atoms with Crippen molar-refractivity contribution in [2.24, 2.45) is 0 Å². The molecule has 2 rings (SSSR count). The molecule has 0 radical (unpaired) electrons. The third kappa shape index (κ3) is 1.50. The fraction of sp³-hybridized carbons (Fsp3) is 0.250. The van der Waals surface area contributed by atoms with Gasteiger partial charge in [0.05, 0.1) is 18.5 Å². The molecule has 0 aliphatic heterocycles. The van der Waals surface area contributed by atoms with E-state index in [1.54, 1.807) is 23.9 Å². The lowest BCUT2D eigenvalue weighted by molar-refractivity contribution is 0.180. The van der Waals surface area contributed by atoms with E-state index < -0.39 is 0 Å². The molecule has 0 saturated carbocycles. The minimum absolute atomic E-state index is 0.447. The summed E-state index contributed by atoms with van der Waals surface area (Å²) in [6.45, 7) is 0.481. The third-order valence-electron chi connectivity index (χ3n) is 1.69. The molecule has 2 heterocycles. The van der Waals surface area contributed by atoms with Crippen LogP contribution in [0.4, 0.5) is 0 Å². The maximum atomic E-state index is 5.75. The topological polar surface area (TPSA) is 39.4 Å². The van der Waals surface area contributed by atoms with Crippen molar-refractivity contribution in [3.05, 3.63) is 29.2 Å².